The Labute approximate surface area is 154 Å². The van der Waals surface area contributed by atoms with Crippen molar-refractivity contribution in [2.45, 2.75) is 58.3 Å². The molecule has 2 nitrogen and oxygen atoms in total. The molecule has 2 rings (SSSR count). The van der Waals surface area contributed by atoms with Gasteiger partial charge in [0, 0.05) is 17.8 Å². The molecule has 0 unspecified atom stereocenters. The van der Waals surface area contributed by atoms with Crippen LogP contribution in [0.15, 0.2) is 17.1 Å². The van der Waals surface area contributed by atoms with Crippen molar-refractivity contribution < 1.29 is 26.0 Å². The van der Waals surface area contributed by atoms with E-state index in [1.54, 1.807) is 0 Å². The Morgan fingerprint density at radius 1 is 1.23 bits per heavy atom. The average molecular weight is 438 g/mol. The molecule has 122 valence electrons. The number of aromatic hydroxyl groups is 1. The van der Waals surface area contributed by atoms with Crippen LogP contribution < -0.4 is 5.19 Å². The summed E-state index contributed by atoms with van der Waals surface area (Å²) < 4.78 is 0. The number of hydrogen-bond donors (Lipinski definition) is 1. The first-order valence-electron chi connectivity index (χ1n) is 7.63. The Morgan fingerprint density at radius 2 is 1.77 bits per heavy atom. The first-order valence-corrected chi connectivity index (χ1v) is 17.5. The molecule has 1 aromatic carbocycles. The Balaban J connectivity index is 0.000000745. The van der Waals surface area contributed by atoms with Crippen LogP contribution in [0.5, 0.6) is 5.75 Å². The molecule has 1 saturated carbocycles. The van der Waals surface area contributed by atoms with Gasteiger partial charge in [-0.05, 0) is 31.0 Å². The van der Waals surface area contributed by atoms with Gasteiger partial charge in [-0.1, -0.05) is 44.1 Å². The van der Waals surface area contributed by atoms with Crippen LogP contribution in [0.1, 0.15) is 36.8 Å². The zero-order valence-electron chi connectivity index (χ0n) is 13.8. The van der Waals surface area contributed by atoms with Gasteiger partial charge in [-0.2, -0.15) is 0 Å². The van der Waals surface area contributed by atoms with Crippen molar-refractivity contribution in [2.24, 2.45) is 4.99 Å². The van der Waals surface area contributed by atoms with E-state index in [-0.39, 0.29) is 0 Å². The van der Waals surface area contributed by atoms with Crippen molar-refractivity contribution in [3.63, 3.8) is 0 Å². The van der Waals surface area contributed by atoms with Gasteiger partial charge in [0.2, 0.25) is 0 Å². The molecule has 0 amide bonds. The molecule has 0 aromatic heterocycles. The molecule has 0 saturated heterocycles. The van der Waals surface area contributed by atoms with Gasteiger partial charge < -0.3 is 5.11 Å². The van der Waals surface area contributed by atoms with Crippen molar-refractivity contribution in [2.75, 3.05) is 0 Å². The molecule has 1 N–H and O–H groups in total. The molecule has 22 heavy (non-hydrogen) atoms. The molecule has 0 spiro atoms. The molecule has 0 radical (unpaired) electrons. The number of phenols is 1. The third-order valence-corrected chi connectivity index (χ3v) is 5.84. The van der Waals surface area contributed by atoms with E-state index in [1.165, 1.54) is 31.2 Å². The second-order valence-electron chi connectivity index (χ2n) is 6.79. The molecule has 0 aliphatic heterocycles. The maximum absolute atomic E-state index is 10.5. The van der Waals surface area contributed by atoms with Crippen molar-refractivity contribution >= 4 is 36.5 Å². The summed E-state index contributed by atoms with van der Waals surface area (Å²) in [4.78, 5) is 4.65. The zero-order valence-corrected chi connectivity index (χ0v) is 18.8. The number of phenolic OH excluding ortho intramolecular Hbond substituents is 1. The second-order valence-corrected chi connectivity index (χ2v) is 15.6. The normalized spacial score (nSPS) is 15.7. The molecular formula is C16H25Cl2NOSiZr. The number of aliphatic imine (C=N–C) groups is 1. The Hall–Kier alpha value is 0.370. The number of hydrogen-bond acceptors (Lipinski definition) is 2. The van der Waals surface area contributed by atoms with Crippen molar-refractivity contribution in [1.29, 1.82) is 0 Å². The van der Waals surface area contributed by atoms with E-state index in [9.17, 15) is 5.11 Å². The number of aryl methyl sites for hydroxylation is 1. The second kappa shape index (κ2) is 9.61. The van der Waals surface area contributed by atoms with Gasteiger partial charge in [0.25, 0.3) is 0 Å². The first-order chi connectivity index (χ1) is 10.3. The summed E-state index contributed by atoms with van der Waals surface area (Å²) >= 11 is -0.826. The van der Waals surface area contributed by atoms with Gasteiger partial charge >= 0.3 is 37.9 Å². The van der Waals surface area contributed by atoms with Gasteiger partial charge in [0.15, 0.2) is 0 Å². The third-order valence-electron chi connectivity index (χ3n) is 3.84. The van der Waals surface area contributed by atoms with Gasteiger partial charge in [0.05, 0.1) is 8.07 Å². The van der Waals surface area contributed by atoms with Crippen LogP contribution >= 0.6 is 17.0 Å². The SMILES string of the molecule is Cc1cc(C=NC2CCCC2)c(O)c([Si](C)(C)C)c1.[Cl][Zr][Cl]. The fraction of sp³-hybridized carbons (Fsp3) is 0.562. The van der Waals surface area contributed by atoms with Crippen molar-refractivity contribution in [1.82, 2.24) is 0 Å². The molecule has 1 aliphatic carbocycles. The minimum absolute atomic E-state index is 0.450. The first kappa shape index (κ1) is 20.4. The standard InChI is InChI=1S/C16H25NOSi.2ClH.Zr/c1-12-9-13(11-17-14-7-5-6-8-14)16(18)15(10-12)19(2,3)4;;;/h9-11,14,18H,5-8H2,1-4H3;2*1H;/q;;;+2/p-2. The molecule has 0 heterocycles. The number of nitrogens with zero attached hydrogens (tertiary/aromatic N) is 1. The average Bonchev–Trinajstić information content (AvgIpc) is 2.92. The number of halogens is 2. The van der Waals surface area contributed by atoms with Crippen molar-refractivity contribution in [3.8, 4) is 5.75 Å². The van der Waals surface area contributed by atoms with Crippen LogP contribution in [-0.4, -0.2) is 25.4 Å². The molecule has 1 aliphatic rings. The van der Waals surface area contributed by atoms with Gasteiger partial charge in [0.1, 0.15) is 5.75 Å². The quantitative estimate of drug-likeness (QED) is 0.525. The van der Waals surface area contributed by atoms with E-state index in [4.69, 9.17) is 17.0 Å². The fourth-order valence-electron chi connectivity index (χ4n) is 2.72. The van der Waals surface area contributed by atoms with E-state index < -0.39 is 28.9 Å². The number of benzene rings is 1. The van der Waals surface area contributed by atoms with E-state index in [0.29, 0.717) is 11.8 Å². The topological polar surface area (TPSA) is 32.6 Å². The molecule has 6 heteroatoms. The Bertz CT molecular complexity index is 512. The van der Waals surface area contributed by atoms with E-state index >= 15 is 0 Å². The fourth-order valence-corrected chi connectivity index (χ4v) is 4.23. The molecule has 0 bridgehead atoms. The molecule has 1 aromatic rings. The van der Waals surface area contributed by atoms with Crippen LogP contribution in [0, 0.1) is 6.92 Å². The van der Waals surface area contributed by atoms with Gasteiger partial charge in [-0.15, -0.1) is 0 Å². The summed E-state index contributed by atoms with van der Waals surface area (Å²) in [5.74, 6) is 0.450. The predicted octanol–water partition coefficient (Wildman–Crippen LogP) is 4.98. The summed E-state index contributed by atoms with van der Waals surface area (Å²) in [7, 11) is 8.35. The summed E-state index contributed by atoms with van der Waals surface area (Å²) in [5.41, 5.74) is 2.10. The molecule has 1 fully saturated rings. The summed E-state index contributed by atoms with van der Waals surface area (Å²) in [5, 5.41) is 11.6. The maximum atomic E-state index is 10.5. The van der Waals surface area contributed by atoms with E-state index in [1.807, 2.05) is 12.3 Å². The van der Waals surface area contributed by atoms with E-state index in [2.05, 4.69) is 37.6 Å². The Morgan fingerprint density at radius 3 is 2.27 bits per heavy atom. The van der Waals surface area contributed by atoms with Gasteiger partial charge in [-0.25, -0.2) is 0 Å². The minimum atomic E-state index is -1.51. The third kappa shape index (κ3) is 6.47. The summed E-state index contributed by atoms with van der Waals surface area (Å²) in [6.07, 6.45) is 6.87. The zero-order chi connectivity index (χ0) is 16.8. The molecular weight excluding hydrogens is 412 g/mol. The Kier molecular flexibility index (Phi) is 8.92. The predicted molar refractivity (Wildman–Crippen MR) is 97.4 cm³/mol. The van der Waals surface area contributed by atoms with Crippen LogP contribution in [0.25, 0.3) is 0 Å². The summed E-state index contributed by atoms with van der Waals surface area (Å²) in [6, 6.07) is 4.64. The van der Waals surface area contributed by atoms with Crippen molar-refractivity contribution in [3.05, 3.63) is 23.3 Å². The van der Waals surface area contributed by atoms with Crippen LogP contribution in [0.2, 0.25) is 19.6 Å². The monoisotopic (exact) mass is 435 g/mol. The van der Waals surface area contributed by atoms with Crippen LogP contribution in [-0.2, 0) is 20.8 Å². The number of rotatable bonds is 3. The van der Waals surface area contributed by atoms with E-state index in [0.717, 1.165) is 10.8 Å². The van der Waals surface area contributed by atoms with Crippen LogP contribution in [0.3, 0.4) is 0 Å². The van der Waals surface area contributed by atoms with Crippen LogP contribution in [0.4, 0.5) is 0 Å². The summed E-state index contributed by atoms with van der Waals surface area (Å²) in [6.45, 7) is 8.88. The molecule has 0 atom stereocenters. The van der Waals surface area contributed by atoms with Gasteiger partial charge in [-0.3, -0.25) is 4.99 Å².